The lowest BCUT2D eigenvalue weighted by atomic mass is 9.93. The third kappa shape index (κ3) is 4.32. The van der Waals surface area contributed by atoms with Crippen LogP contribution in [0.5, 0.6) is 0 Å². The van der Waals surface area contributed by atoms with Crippen LogP contribution in [0, 0.1) is 5.82 Å². The molecule has 170 valence electrons. The maximum absolute atomic E-state index is 14.6. The molecule has 2 atom stereocenters. The van der Waals surface area contributed by atoms with E-state index in [1.165, 1.54) is 35.3 Å². The van der Waals surface area contributed by atoms with Crippen molar-refractivity contribution < 1.29 is 26.0 Å². The molecular weight excluding hydrogens is 450 g/mol. The second-order valence-electron chi connectivity index (χ2n) is 7.51. The van der Waals surface area contributed by atoms with Crippen molar-refractivity contribution in [3.05, 3.63) is 72.2 Å². The number of hydrogen-bond donors (Lipinski definition) is 1. The number of halogens is 4. The van der Waals surface area contributed by atoms with Gasteiger partial charge in [0.15, 0.2) is 5.03 Å². The zero-order valence-corrected chi connectivity index (χ0v) is 17.6. The lowest BCUT2D eigenvalue weighted by Gasteiger charge is -2.22. The van der Waals surface area contributed by atoms with Gasteiger partial charge in [-0.25, -0.2) is 17.8 Å². The van der Waals surface area contributed by atoms with E-state index >= 15 is 0 Å². The monoisotopic (exact) mass is 469 g/mol. The highest BCUT2D eigenvalue weighted by atomic mass is 32.2. The second-order valence-corrected chi connectivity index (χ2v) is 9.39. The van der Waals surface area contributed by atoms with Gasteiger partial charge in [-0.3, -0.25) is 4.98 Å². The molecule has 0 unspecified atom stereocenters. The summed E-state index contributed by atoms with van der Waals surface area (Å²) < 4.78 is 82.5. The fourth-order valence-corrected chi connectivity index (χ4v) is 5.20. The number of aromatic nitrogens is 3. The highest BCUT2D eigenvalue weighted by Gasteiger charge is 2.42. The average molecular weight is 469 g/mol. The highest BCUT2D eigenvalue weighted by molar-refractivity contribution is 7.89. The fourth-order valence-electron chi connectivity index (χ4n) is 3.74. The molecule has 0 amide bonds. The molecule has 1 aliphatic rings. The standard InChI is InChI=1S/C20H19F4N5O2S/c1-28-11-19(26-12-28)32(30,31)29-9-15(14-4-2-3-5-16(14)21)17(10-29)27-13-6-7-25-18(8-13)20(22,23)24/h2-8,11-12,15,17H,9-10H2,1H3,(H,25,27)/t15-,17+/m0/s1. The van der Waals surface area contributed by atoms with Gasteiger partial charge in [0.2, 0.25) is 0 Å². The van der Waals surface area contributed by atoms with E-state index in [9.17, 15) is 26.0 Å². The predicted molar refractivity (Wildman–Crippen MR) is 108 cm³/mol. The maximum Gasteiger partial charge on any atom is 0.433 e. The molecule has 1 fully saturated rings. The van der Waals surface area contributed by atoms with Crippen LogP contribution in [-0.2, 0) is 23.2 Å². The Kier molecular flexibility index (Phi) is 5.67. The first-order valence-electron chi connectivity index (χ1n) is 9.58. The Bertz CT molecular complexity index is 1230. The van der Waals surface area contributed by atoms with Gasteiger partial charge in [0.05, 0.1) is 6.33 Å². The quantitative estimate of drug-likeness (QED) is 0.581. The summed E-state index contributed by atoms with van der Waals surface area (Å²) in [5.74, 6) is -1.16. The van der Waals surface area contributed by atoms with Crippen molar-refractivity contribution in [3.8, 4) is 0 Å². The summed E-state index contributed by atoms with van der Waals surface area (Å²) in [7, 11) is -2.35. The molecule has 12 heteroatoms. The highest BCUT2D eigenvalue weighted by Crippen LogP contribution is 2.35. The number of rotatable bonds is 5. The van der Waals surface area contributed by atoms with Gasteiger partial charge in [0, 0.05) is 50.2 Å². The number of imidazole rings is 1. The van der Waals surface area contributed by atoms with E-state index < -0.39 is 39.7 Å². The Morgan fingerprint density at radius 1 is 1.12 bits per heavy atom. The van der Waals surface area contributed by atoms with Crippen LogP contribution >= 0.6 is 0 Å². The molecular formula is C20H19F4N5O2S. The summed E-state index contributed by atoms with van der Waals surface area (Å²) in [6.07, 6.45) is -0.914. The number of hydrogen-bond acceptors (Lipinski definition) is 5. The molecule has 0 saturated carbocycles. The van der Waals surface area contributed by atoms with Crippen molar-refractivity contribution in [3.63, 3.8) is 0 Å². The zero-order valence-electron chi connectivity index (χ0n) is 16.8. The van der Waals surface area contributed by atoms with Crippen LogP contribution in [-0.4, -0.2) is 46.4 Å². The van der Waals surface area contributed by atoms with E-state index in [1.807, 2.05) is 0 Å². The SMILES string of the molecule is Cn1cnc(S(=O)(=O)N2C[C@@H](Nc3ccnc(C(F)(F)F)c3)[C@H](c3ccccc3F)C2)c1. The minimum Gasteiger partial charge on any atom is -0.380 e. The molecule has 4 rings (SSSR count). The Hall–Kier alpha value is -2.99. The van der Waals surface area contributed by atoms with Gasteiger partial charge in [-0.15, -0.1) is 0 Å². The smallest absolute Gasteiger partial charge is 0.380 e. The number of alkyl halides is 3. The molecule has 3 heterocycles. The number of nitrogens with one attached hydrogen (secondary N) is 1. The molecule has 1 N–H and O–H groups in total. The Morgan fingerprint density at radius 2 is 1.88 bits per heavy atom. The first kappa shape index (κ1) is 22.2. The summed E-state index contributed by atoms with van der Waals surface area (Å²) in [6, 6.07) is 7.44. The van der Waals surface area contributed by atoms with Crippen LogP contribution in [0.15, 0.2) is 60.1 Å². The van der Waals surface area contributed by atoms with Crippen LogP contribution in [0.3, 0.4) is 0 Å². The van der Waals surface area contributed by atoms with Crippen LogP contribution in [0.4, 0.5) is 23.2 Å². The van der Waals surface area contributed by atoms with E-state index in [2.05, 4.69) is 15.3 Å². The molecule has 0 aliphatic carbocycles. The lowest BCUT2D eigenvalue weighted by molar-refractivity contribution is -0.141. The van der Waals surface area contributed by atoms with E-state index in [0.717, 1.165) is 16.6 Å². The fraction of sp³-hybridized carbons (Fsp3) is 0.300. The zero-order chi connectivity index (χ0) is 23.1. The number of pyridine rings is 1. The minimum absolute atomic E-state index is 0.0608. The minimum atomic E-state index is -4.63. The molecule has 0 radical (unpaired) electrons. The maximum atomic E-state index is 14.6. The Balaban J connectivity index is 1.68. The average Bonchev–Trinajstić information content (AvgIpc) is 3.35. The van der Waals surface area contributed by atoms with Crippen LogP contribution in [0.25, 0.3) is 0 Å². The third-order valence-corrected chi connectivity index (χ3v) is 7.00. The van der Waals surface area contributed by atoms with Gasteiger partial charge in [-0.2, -0.15) is 17.5 Å². The van der Waals surface area contributed by atoms with E-state index in [1.54, 1.807) is 19.2 Å². The predicted octanol–water partition coefficient (Wildman–Crippen LogP) is 3.24. The van der Waals surface area contributed by atoms with Gasteiger partial charge >= 0.3 is 6.18 Å². The number of aryl methyl sites for hydroxylation is 1. The topological polar surface area (TPSA) is 80.1 Å². The second kappa shape index (κ2) is 8.17. The van der Waals surface area contributed by atoms with E-state index in [-0.39, 0.29) is 29.4 Å². The molecule has 32 heavy (non-hydrogen) atoms. The summed E-state index contributed by atoms with van der Waals surface area (Å²) in [5.41, 5.74) is -0.703. The van der Waals surface area contributed by atoms with Crippen molar-refractivity contribution in [2.75, 3.05) is 18.4 Å². The summed E-state index contributed by atoms with van der Waals surface area (Å²) in [6.45, 7) is -0.143. The normalized spacial score (nSPS) is 19.9. The van der Waals surface area contributed by atoms with Crippen molar-refractivity contribution in [1.82, 2.24) is 18.8 Å². The van der Waals surface area contributed by atoms with Gasteiger partial charge in [0.25, 0.3) is 10.0 Å². The molecule has 7 nitrogen and oxygen atoms in total. The lowest BCUT2D eigenvalue weighted by Crippen LogP contribution is -2.32. The number of benzene rings is 1. The van der Waals surface area contributed by atoms with Gasteiger partial charge in [-0.05, 0) is 23.8 Å². The van der Waals surface area contributed by atoms with Crippen LogP contribution in [0.1, 0.15) is 17.2 Å². The van der Waals surface area contributed by atoms with E-state index in [4.69, 9.17) is 0 Å². The first-order chi connectivity index (χ1) is 15.1. The van der Waals surface area contributed by atoms with Gasteiger partial charge in [0.1, 0.15) is 11.5 Å². The molecule has 1 aliphatic heterocycles. The molecule has 3 aromatic rings. The van der Waals surface area contributed by atoms with Crippen molar-refractivity contribution in [2.45, 2.75) is 23.2 Å². The van der Waals surface area contributed by atoms with Gasteiger partial charge < -0.3 is 9.88 Å². The summed E-state index contributed by atoms with van der Waals surface area (Å²) in [5, 5.41) is 2.79. The Labute approximate surface area is 181 Å². The van der Waals surface area contributed by atoms with Crippen molar-refractivity contribution >= 4 is 15.7 Å². The van der Waals surface area contributed by atoms with Crippen molar-refractivity contribution in [1.29, 1.82) is 0 Å². The molecule has 1 saturated heterocycles. The molecule has 1 aromatic carbocycles. The molecule has 2 aromatic heterocycles. The molecule has 0 spiro atoms. The van der Waals surface area contributed by atoms with Gasteiger partial charge in [-0.1, -0.05) is 18.2 Å². The van der Waals surface area contributed by atoms with Crippen LogP contribution < -0.4 is 5.32 Å². The van der Waals surface area contributed by atoms with Crippen molar-refractivity contribution in [2.24, 2.45) is 7.05 Å². The number of anilines is 1. The van der Waals surface area contributed by atoms with Crippen LogP contribution in [0.2, 0.25) is 0 Å². The first-order valence-corrected chi connectivity index (χ1v) is 11.0. The number of sulfonamides is 1. The summed E-state index contributed by atoms with van der Waals surface area (Å²) >= 11 is 0. The number of nitrogens with zero attached hydrogens (tertiary/aromatic N) is 4. The largest absolute Gasteiger partial charge is 0.433 e. The Morgan fingerprint density at radius 3 is 2.53 bits per heavy atom. The molecule has 0 bridgehead atoms. The third-order valence-electron chi connectivity index (χ3n) is 5.28. The summed E-state index contributed by atoms with van der Waals surface area (Å²) in [4.78, 5) is 7.23. The van der Waals surface area contributed by atoms with E-state index in [0.29, 0.717) is 0 Å².